The quantitative estimate of drug-likeness (QED) is 0.558. The Kier molecular flexibility index (Phi) is 3.84. The van der Waals surface area contributed by atoms with Gasteiger partial charge in [0.05, 0.1) is 12.8 Å². The first-order chi connectivity index (χ1) is 12.6. The largest absolute Gasteiger partial charge is 0.497 e. The predicted octanol–water partition coefficient (Wildman–Crippen LogP) is 4.18. The molecule has 0 bridgehead atoms. The van der Waals surface area contributed by atoms with Crippen LogP contribution in [0.15, 0.2) is 63.9 Å². The molecule has 0 aliphatic heterocycles. The molecule has 0 atom stereocenters. The maximum Gasteiger partial charge on any atom is 0.264 e. The summed E-state index contributed by atoms with van der Waals surface area (Å²) in [6.45, 7) is 2.03. The Balaban J connectivity index is 1.90. The standard InChI is InChI=1S/C21H18N2O3/c1-13-4-6-14(7-5-13)17-12-18-19(21(24)23(17)2)20(22-26-18)15-8-10-16(25-3)11-9-15/h4-12H,1-3H3. The van der Waals surface area contributed by atoms with E-state index in [1.807, 2.05) is 61.5 Å². The number of fused-ring (bicyclic) bond motifs is 1. The Hall–Kier alpha value is -3.34. The Bertz CT molecular complexity index is 1140. The third-order valence-electron chi connectivity index (χ3n) is 4.58. The van der Waals surface area contributed by atoms with Crippen molar-refractivity contribution in [2.45, 2.75) is 6.92 Å². The van der Waals surface area contributed by atoms with Crippen LogP contribution in [-0.4, -0.2) is 16.8 Å². The van der Waals surface area contributed by atoms with Gasteiger partial charge in [0, 0.05) is 18.7 Å². The second-order valence-electron chi connectivity index (χ2n) is 6.26. The van der Waals surface area contributed by atoms with Gasteiger partial charge in [0.2, 0.25) is 0 Å². The number of rotatable bonds is 3. The molecule has 5 nitrogen and oxygen atoms in total. The maximum atomic E-state index is 13.0. The molecule has 5 heteroatoms. The molecule has 4 aromatic rings. The van der Waals surface area contributed by atoms with Crippen LogP contribution in [-0.2, 0) is 7.05 Å². The monoisotopic (exact) mass is 346 g/mol. The molecule has 0 aliphatic carbocycles. The molecular formula is C21H18N2O3. The van der Waals surface area contributed by atoms with Gasteiger partial charge in [-0.25, -0.2) is 0 Å². The third-order valence-corrected chi connectivity index (χ3v) is 4.58. The molecule has 0 fully saturated rings. The van der Waals surface area contributed by atoms with E-state index in [4.69, 9.17) is 9.26 Å². The Labute approximate surface area is 150 Å². The summed E-state index contributed by atoms with van der Waals surface area (Å²) in [5, 5.41) is 4.62. The zero-order chi connectivity index (χ0) is 18.3. The van der Waals surface area contributed by atoms with Crippen molar-refractivity contribution in [1.82, 2.24) is 9.72 Å². The molecule has 0 N–H and O–H groups in total. The normalized spacial score (nSPS) is 11.0. The van der Waals surface area contributed by atoms with E-state index in [0.29, 0.717) is 16.7 Å². The van der Waals surface area contributed by atoms with Crippen molar-refractivity contribution in [1.29, 1.82) is 0 Å². The average molecular weight is 346 g/mol. The van der Waals surface area contributed by atoms with Gasteiger partial charge in [0.25, 0.3) is 5.56 Å². The highest BCUT2D eigenvalue weighted by molar-refractivity contribution is 5.92. The second-order valence-corrected chi connectivity index (χ2v) is 6.26. The van der Waals surface area contributed by atoms with Crippen molar-refractivity contribution >= 4 is 11.0 Å². The SMILES string of the molecule is COc1ccc(-c2noc3cc(-c4ccc(C)cc4)n(C)c(=O)c23)cc1. The molecule has 130 valence electrons. The minimum atomic E-state index is -0.134. The van der Waals surface area contributed by atoms with Crippen molar-refractivity contribution in [2.75, 3.05) is 7.11 Å². The van der Waals surface area contributed by atoms with E-state index in [0.717, 1.165) is 22.6 Å². The summed E-state index contributed by atoms with van der Waals surface area (Å²) in [6.07, 6.45) is 0. The molecule has 0 spiro atoms. The lowest BCUT2D eigenvalue weighted by molar-refractivity contribution is 0.415. The first kappa shape index (κ1) is 16.1. The molecule has 2 heterocycles. The van der Waals surface area contributed by atoms with Gasteiger partial charge in [-0.3, -0.25) is 4.79 Å². The van der Waals surface area contributed by atoms with Crippen LogP contribution >= 0.6 is 0 Å². The fourth-order valence-corrected chi connectivity index (χ4v) is 3.05. The fourth-order valence-electron chi connectivity index (χ4n) is 3.05. The van der Waals surface area contributed by atoms with E-state index in [2.05, 4.69) is 5.16 Å². The summed E-state index contributed by atoms with van der Waals surface area (Å²) >= 11 is 0. The summed E-state index contributed by atoms with van der Waals surface area (Å²) in [5.74, 6) is 0.746. The minimum absolute atomic E-state index is 0.134. The van der Waals surface area contributed by atoms with Crippen LogP contribution in [0, 0.1) is 6.92 Å². The summed E-state index contributed by atoms with van der Waals surface area (Å²) in [4.78, 5) is 13.0. The first-order valence-corrected chi connectivity index (χ1v) is 8.29. The zero-order valence-electron chi connectivity index (χ0n) is 14.8. The van der Waals surface area contributed by atoms with Crippen molar-refractivity contribution in [2.24, 2.45) is 7.05 Å². The minimum Gasteiger partial charge on any atom is -0.497 e. The average Bonchev–Trinajstić information content (AvgIpc) is 3.09. The fraction of sp³-hybridized carbons (Fsp3) is 0.143. The van der Waals surface area contributed by atoms with Gasteiger partial charge in [-0.1, -0.05) is 35.0 Å². The van der Waals surface area contributed by atoms with Crippen molar-refractivity contribution < 1.29 is 9.26 Å². The van der Waals surface area contributed by atoms with Gasteiger partial charge >= 0.3 is 0 Å². The van der Waals surface area contributed by atoms with Crippen molar-refractivity contribution in [3.8, 4) is 28.3 Å². The van der Waals surface area contributed by atoms with Gasteiger partial charge in [-0.15, -0.1) is 0 Å². The number of ether oxygens (including phenoxy) is 1. The summed E-state index contributed by atoms with van der Waals surface area (Å²) < 4.78 is 12.3. The number of pyridine rings is 1. The van der Waals surface area contributed by atoms with E-state index < -0.39 is 0 Å². The molecule has 2 aromatic heterocycles. The first-order valence-electron chi connectivity index (χ1n) is 8.29. The summed E-state index contributed by atoms with van der Waals surface area (Å²) in [6, 6.07) is 17.3. The summed E-state index contributed by atoms with van der Waals surface area (Å²) in [5.41, 5.74) is 4.61. The molecular weight excluding hydrogens is 328 g/mol. The lowest BCUT2D eigenvalue weighted by Crippen LogP contribution is -2.18. The molecule has 26 heavy (non-hydrogen) atoms. The predicted molar refractivity (Wildman–Crippen MR) is 101 cm³/mol. The number of benzene rings is 2. The maximum absolute atomic E-state index is 13.0. The molecule has 0 amide bonds. The molecule has 0 aliphatic rings. The Morgan fingerprint density at radius 3 is 2.31 bits per heavy atom. The van der Waals surface area contributed by atoms with Gasteiger partial charge in [0.1, 0.15) is 16.8 Å². The van der Waals surface area contributed by atoms with E-state index in [1.165, 1.54) is 5.56 Å². The van der Waals surface area contributed by atoms with Crippen LogP contribution in [0.4, 0.5) is 0 Å². The number of hydrogen-bond donors (Lipinski definition) is 0. The highest BCUT2D eigenvalue weighted by Gasteiger charge is 2.18. The lowest BCUT2D eigenvalue weighted by atomic mass is 10.1. The van der Waals surface area contributed by atoms with Gasteiger partial charge < -0.3 is 13.8 Å². The number of aryl methyl sites for hydroxylation is 1. The molecule has 0 saturated carbocycles. The van der Waals surface area contributed by atoms with Crippen LogP contribution in [0.2, 0.25) is 0 Å². The number of nitrogens with zero attached hydrogens (tertiary/aromatic N) is 2. The van der Waals surface area contributed by atoms with Gasteiger partial charge in [-0.05, 0) is 36.8 Å². The zero-order valence-corrected chi connectivity index (χ0v) is 14.8. The van der Waals surface area contributed by atoms with E-state index in [9.17, 15) is 4.79 Å². The van der Waals surface area contributed by atoms with Gasteiger partial charge in [-0.2, -0.15) is 0 Å². The number of methoxy groups -OCH3 is 1. The van der Waals surface area contributed by atoms with Gasteiger partial charge in [0.15, 0.2) is 5.58 Å². The molecule has 4 rings (SSSR count). The third kappa shape index (κ3) is 2.58. The number of aromatic nitrogens is 2. The molecule has 0 unspecified atom stereocenters. The Morgan fingerprint density at radius 1 is 1.00 bits per heavy atom. The molecule has 0 radical (unpaired) electrons. The second kappa shape index (κ2) is 6.19. The lowest BCUT2D eigenvalue weighted by Gasteiger charge is -2.09. The van der Waals surface area contributed by atoms with Crippen LogP contribution in [0.1, 0.15) is 5.56 Å². The smallest absolute Gasteiger partial charge is 0.264 e. The Morgan fingerprint density at radius 2 is 1.65 bits per heavy atom. The molecule has 0 saturated heterocycles. The number of hydrogen-bond acceptors (Lipinski definition) is 4. The summed E-state index contributed by atoms with van der Waals surface area (Å²) in [7, 11) is 3.38. The van der Waals surface area contributed by atoms with Crippen LogP contribution in [0.25, 0.3) is 33.5 Å². The van der Waals surface area contributed by atoms with Crippen LogP contribution in [0.3, 0.4) is 0 Å². The van der Waals surface area contributed by atoms with E-state index in [-0.39, 0.29) is 5.56 Å². The molecule has 2 aromatic carbocycles. The van der Waals surface area contributed by atoms with Crippen molar-refractivity contribution in [3.05, 3.63) is 70.5 Å². The van der Waals surface area contributed by atoms with Crippen molar-refractivity contribution in [3.63, 3.8) is 0 Å². The highest BCUT2D eigenvalue weighted by Crippen LogP contribution is 2.29. The highest BCUT2D eigenvalue weighted by atomic mass is 16.5. The topological polar surface area (TPSA) is 57.3 Å². The van der Waals surface area contributed by atoms with E-state index in [1.54, 1.807) is 18.7 Å². The van der Waals surface area contributed by atoms with Crippen LogP contribution in [0.5, 0.6) is 5.75 Å². The van der Waals surface area contributed by atoms with Crippen LogP contribution < -0.4 is 10.3 Å². The van der Waals surface area contributed by atoms with E-state index >= 15 is 0 Å².